The molecule has 15 heavy (non-hydrogen) atoms. The van der Waals surface area contributed by atoms with Crippen molar-refractivity contribution >= 4 is 15.7 Å². The van der Waals surface area contributed by atoms with Crippen molar-refractivity contribution in [2.24, 2.45) is 5.73 Å². The summed E-state index contributed by atoms with van der Waals surface area (Å²) < 4.78 is 21.7. The van der Waals surface area contributed by atoms with Crippen molar-refractivity contribution in [2.45, 2.75) is 32.2 Å². The fourth-order valence-corrected chi connectivity index (χ4v) is 1.77. The summed E-state index contributed by atoms with van der Waals surface area (Å²) in [7, 11) is -3.25. The number of hydrogen-bond donors (Lipinski definition) is 2. The molecular weight excluding hydrogens is 216 g/mol. The zero-order chi connectivity index (χ0) is 11.9. The van der Waals surface area contributed by atoms with Crippen molar-refractivity contribution < 1.29 is 13.2 Å². The predicted molar refractivity (Wildman–Crippen MR) is 60.2 cm³/mol. The van der Waals surface area contributed by atoms with Crippen molar-refractivity contribution in [1.82, 2.24) is 5.32 Å². The molecule has 5 nitrogen and oxygen atoms in total. The van der Waals surface area contributed by atoms with Crippen LogP contribution in [-0.2, 0) is 14.6 Å². The Morgan fingerprint density at radius 1 is 1.47 bits per heavy atom. The van der Waals surface area contributed by atoms with Gasteiger partial charge in [0.15, 0.2) is 9.84 Å². The van der Waals surface area contributed by atoms with Gasteiger partial charge in [-0.3, -0.25) is 4.79 Å². The Kier molecular flexibility index (Phi) is 6.51. The molecule has 0 saturated carbocycles. The van der Waals surface area contributed by atoms with Gasteiger partial charge in [-0.1, -0.05) is 19.8 Å². The summed E-state index contributed by atoms with van der Waals surface area (Å²) >= 11 is 0. The number of amides is 1. The molecule has 0 saturated heterocycles. The first-order chi connectivity index (χ1) is 6.89. The lowest BCUT2D eigenvalue weighted by Crippen LogP contribution is -2.42. The minimum atomic E-state index is -3.25. The van der Waals surface area contributed by atoms with Crippen molar-refractivity contribution in [3.63, 3.8) is 0 Å². The quantitative estimate of drug-likeness (QED) is 0.633. The SMILES string of the molecule is CCCCC(CN)NC(=O)CS(C)(=O)=O. The van der Waals surface area contributed by atoms with Gasteiger partial charge in [0.05, 0.1) is 0 Å². The number of carbonyl (C=O) groups excluding carboxylic acids is 1. The summed E-state index contributed by atoms with van der Waals surface area (Å²) in [5.41, 5.74) is 5.46. The van der Waals surface area contributed by atoms with E-state index in [0.717, 1.165) is 25.5 Å². The Bertz CT molecular complexity index is 288. The maximum Gasteiger partial charge on any atom is 0.235 e. The standard InChI is InChI=1S/C9H20N2O3S/c1-3-4-5-8(6-10)11-9(12)7-15(2,13)14/h8H,3-7,10H2,1-2H3,(H,11,12). The molecule has 1 atom stereocenters. The molecule has 0 aliphatic rings. The maximum absolute atomic E-state index is 11.2. The van der Waals surface area contributed by atoms with Crippen LogP contribution in [0, 0.1) is 0 Å². The number of rotatable bonds is 7. The first-order valence-electron chi connectivity index (χ1n) is 5.06. The number of hydrogen-bond acceptors (Lipinski definition) is 4. The van der Waals surface area contributed by atoms with Crippen LogP contribution in [0.5, 0.6) is 0 Å². The van der Waals surface area contributed by atoms with Crippen molar-refractivity contribution in [2.75, 3.05) is 18.6 Å². The van der Waals surface area contributed by atoms with Gasteiger partial charge in [-0.2, -0.15) is 0 Å². The van der Waals surface area contributed by atoms with Crippen LogP contribution in [0.1, 0.15) is 26.2 Å². The van der Waals surface area contributed by atoms with Gasteiger partial charge in [0.1, 0.15) is 5.75 Å². The lowest BCUT2D eigenvalue weighted by atomic mass is 10.1. The molecule has 0 aliphatic carbocycles. The van der Waals surface area contributed by atoms with Crippen LogP contribution in [0.4, 0.5) is 0 Å². The Balaban J connectivity index is 4.01. The van der Waals surface area contributed by atoms with Crippen LogP contribution in [0.3, 0.4) is 0 Å². The summed E-state index contributed by atoms with van der Waals surface area (Å²) in [6, 6.07) is -0.112. The molecule has 0 aromatic carbocycles. The van der Waals surface area contributed by atoms with Crippen LogP contribution in [-0.4, -0.2) is 38.9 Å². The average molecular weight is 236 g/mol. The van der Waals surface area contributed by atoms with E-state index in [9.17, 15) is 13.2 Å². The third-order valence-electron chi connectivity index (χ3n) is 1.95. The highest BCUT2D eigenvalue weighted by molar-refractivity contribution is 7.91. The Morgan fingerprint density at radius 3 is 2.47 bits per heavy atom. The third-order valence-corrected chi connectivity index (χ3v) is 2.74. The van der Waals surface area contributed by atoms with Crippen molar-refractivity contribution in [1.29, 1.82) is 0 Å². The van der Waals surface area contributed by atoms with E-state index >= 15 is 0 Å². The molecule has 0 heterocycles. The summed E-state index contributed by atoms with van der Waals surface area (Å²) in [6.45, 7) is 2.39. The molecule has 0 fully saturated rings. The number of sulfone groups is 1. The summed E-state index contributed by atoms with van der Waals surface area (Å²) in [5, 5.41) is 2.61. The van der Waals surface area contributed by atoms with Gasteiger partial charge in [-0.25, -0.2) is 8.42 Å². The summed E-state index contributed by atoms with van der Waals surface area (Å²) in [6.07, 6.45) is 3.83. The van der Waals surface area contributed by atoms with Gasteiger partial charge in [0, 0.05) is 18.8 Å². The highest BCUT2D eigenvalue weighted by Gasteiger charge is 2.14. The van der Waals surface area contributed by atoms with Crippen LogP contribution in [0.15, 0.2) is 0 Å². The minimum Gasteiger partial charge on any atom is -0.351 e. The molecule has 0 aromatic heterocycles. The van der Waals surface area contributed by atoms with Crippen LogP contribution in [0.25, 0.3) is 0 Å². The Labute approximate surface area is 91.3 Å². The topological polar surface area (TPSA) is 89.3 Å². The van der Waals surface area contributed by atoms with E-state index in [1.54, 1.807) is 0 Å². The second-order valence-corrected chi connectivity index (χ2v) is 5.85. The first-order valence-corrected chi connectivity index (χ1v) is 7.12. The minimum absolute atomic E-state index is 0.112. The van der Waals surface area contributed by atoms with Gasteiger partial charge >= 0.3 is 0 Å². The second-order valence-electron chi connectivity index (χ2n) is 3.71. The number of unbranched alkanes of at least 4 members (excludes halogenated alkanes) is 1. The molecule has 0 radical (unpaired) electrons. The molecule has 0 bridgehead atoms. The fourth-order valence-electron chi connectivity index (χ4n) is 1.21. The van der Waals surface area contributed by atoms with Crippen molar-refractivity contribution in [3.8, 4) is 0 Å². The van der Waals surface area contributed by atoms with E-state index in [4.69, 9.17) is 5.73 Å². The van der Waals surface area contributed by atoms with E-state index in [2.05, 4.69) is 5.32 Å². The largest absolute Gasteiger partial charge is 0.351 e. The van der Waals surface area contributed by atoms with Gasteiger partial charge in [0.2, 0.25) is 5.91 Å². The molecule has 1 unspecified atom stereocenters. The fraction of sp³-hybridized carbons (Fsp3) is 0.889. The Hall–Kier alpha value is -0.620. The average Bonchev–Trinajstić information content (AvgIpc) is 2.09. The highest BCUT2D eigenvalue weighted by atomic mass is 32.2. The lowest BCUT2D eigenvalue weighted by molar-refractivity contribution is -0.119. The normalized spacial score (nSPS) is 13.5. The van der Waals surface area contributed by atoms with E-state index in [1.165, 1.54) is 0 Å². The van der Waals surface area contributed by atoms with Crippen LogP contribution in [0.2, 0.25) is 0 Å². The summed E-state index contributed by atoms with van der Waals surface area (Å²) in [4.78, 5) is 11.2. The molecule has 3 N–H and O–H groups in total. The van der Waals surface area contributed by atoms with E-state index in [1.807, 2.05) is 6.92 Å². The van der Waals surface area contributed by atoms with Crippen molar-refractivity contribution in [3.05, 3.63) is 0 Å². The smallest absolute Gasteiger partial charge is 0.235 e. The van der Waals surface area contributed by atoms with Crippen LogP contribution >= 0.6 is 0 Å². The number of nitrogens with one attached hydrogen (secondary N) is 1. The second kappa shape index (κ2) is 6.79. The van der Waals surface area contributed by atoms with E-state index < -0.39 is 21.5 Å². The molecule has 0 spiro atoms. The van der Waals surface area contributed by atoms with Gasteiger partial charge in [0.25, 0.3) is 0 Å². The zero-order valence-corrected chi connectivity index (χ0v) is 10.1. The molecule has 1 amide bonds. The van der Waals surface area contributed by atoms with Gasteiger partial charge in [-0.15, -0.1) is 0 Å². The Morgan fingerprint density at radius 2 is 2.07 bits per heavy atom. The van der Waals surface area contributed by atoms with Gasteiger partial charge < -0.3 is 11.1 Å². The van der Waals surface area contributed by atoms with Crippen LogP contribution < -0.4 is 11.1 Å². The molecule has 0 rings (SSSR count). The highest BCUT2D eigenvalue weighted by Crippen LogP contribution is 1.99. The molecule has 0 aliphatic heterocycles. The number of nitrogens with two attached hydrogens (primary N) is 1. The van der Waals surface area contributed by atoms with Gasteiger partial charge in [-0.05, 0) is 6.42 Å². The molecule has 0 aromatic rings. The first kappa shape index (κ1) is 14.4. The van der Waals surface area contributed by atoms with E-state index in [0.29, 0.717) is 6.54 Å². The van der Waals surface area contributed by atoms with E-state index in [-0.39, 0.29) is 6.04 Å². The third kappa shape index (κ3) is 8.38. The molecular formula is C9H20N2O3S. The zero-order valence-electron chi connectivity index (χ0n) is 9.32. The molecule has 90 valence electrons. The summed E-state index contributed by atoms with van der Waals surface area (Å²) in [5.74, 6) is -0.931. The number of carbonyl (C=O) groups is 1. The monoisotopic (exact) mass is 236 g/mol. The predicted octanol–water partition coefficient (Wildman–Crippen LogP) is -0.335. The maximum atomic E-state index is 11.2. The lowest BCUT2D eigenvalue weighted by Gasteiger charge is -2.15. The molecule has 6 heteroatoms.